The quantitative estimate of drug-likeness (QED) is 0.0261. The molecular formula is C75H144O6. The van der Waals surface area contributed by atoms with Gasteiger partial charge in [-0.2, -0.15) is 0 Å². The molecule has 1 unspecified atom stereocenters. The average molecular weight is 1140 g/mol. The van der Waals surface area contributed by atoms with E-state index in [1.165, 1.54) is 334 Å². The molecule has 1 atom stereocenters. The molecule has 0 saturated heterocycles. The van der Waals surface area contributed by atoms with Crippen molar-refractivity contribution in [2.75, 3.05) is 13.2 Å². The smallest absolute Gasteiger partial charge is 0.306 e. The summed E-state index contributed by atoms with van der Waals surface area (Å²) in [5.74, 6) is -0.825. The molecule has 0 radical (unpaired) electrons. The third-order valence-corrected chi connectivity index (χ3v) is 17.3. The maximum atomic E-state index is 12.9. The van der Waals surface area contributed by atoms with Crippen LogP contribution >= 0.6 is 0 Å². The lowest BCUT2D eigenvalue weighted by Crippen LogP contribution is -2.30. The number of ether oxygens (including phenoxy) is 3. The van der Waals surface area contributed by atoms with E-state index in [0.29, 0.717) is 19.3 Å². The maximum absolute atomic E-state index is 12.9. The summed E-state index contributed by atoms with van der Waals surface area (Å²) >= 11 is 0. The molecule has 0 aromatic rings. The van der Waals surface area contributed by atoms with Crippen LogP contribution in [0.4, 0.5) is 0 Å². The van der Waals surface area contributed by atoms with Crippen LogP contribution in [-0.4, -0.2) is 37.2 Å². The van der Waals surface area contributed by atoms with Crippen LogP contribution in [0.1, 0.15) is 432 Å². The number of allylic oxidation sites excluding steroid dienone is 2. The van der Waals surface area contributed by atoms with Gasteiger partial charge >= 0.3 is 17.9 Å². The fraction of sp³-hybridized carbons (Fsp3) is 0.933. The van der Waals surface area contributed by atoms with Crippen molar-refractivity contribution in [2.24, 2.45) is 0 Å². The highest BCUT2D eigenvalue weighted by molar-refractivity contribution is 5.71. The molecule has 0 spiro atoms. The second-order valence-electron chi connectivity index (χ2n) is 25.6. The lowest BCUT2D eigenvalue weighted by Gasteiger charge is -2.18. The normalized spacial score (nSPS) is 12.0. The van der Waals surface area contributed by atoms with Crippen LogP contribution < -0.4 is 0 Å². The minimum atomic E-state index is -0.764. The van der Waals surface area contributed by atoms with Crippen molar-refractivity contribution in [3.63, 3.8) is 0 Å². The fourth-order valence-corrected chi connectivity index (χ4v) is 11.7. The van der Waals surface area contributed by atoms with Crippen molar-refractivity contribution in [1.29, 1.82) is 0 Å². The zero-order valence-corrected chi connectivity index (χ0v) is 55.4. The molecule has 0 amide bonds. The van der Waals surface area contributed by atoms with Crippen molar-refractivity contribution >= 4 is 17.9 Å². The van der Waals surface area contributed by atoms with Crippen LogP contribution in [0.15, 0.2) is 12.2 Å². The second kappa shape index (κ2) is 70.6. The van der Waals surface area contributed by atoms with E-state index < -0.39 is 6.10 Å². The van der Waals surface area contributed by atoms with Crippen LogP contribution in [0, 0.1) is 0 Å². The van der Waals surface area contributed by atoms with Gasteiger partial charge in [0.05, 0.1) is 0 Å². The molecule has 0 rings (SSSR count). The Hall–Kier alpha value is -1.85. The Morgan fingerprint density at radius 1 is 0.235 bits per heavy atom. The highest BCUT2D eigenvalue weighted by Gasteiger charge is 2.20. The van der Waals surface area contributed by atoms with Crippen molar-refractivity contribution in [1.82, 2.24) is 0 Å². The standard InChI is InChI=1S/C75H144O6/c1-4-7-10-13-16-19-22-24-26-28-30-31-32-33-34-35-36-37-38-39-40-41-42-43-45-46-48-50-53-56-59-62-65-68-74(77)80-71-72(70-79-73(76)67-64-61-58-55-52-21-18-15-12-9-6-3)81-75(78)69-66-63-60-57-54-51-49-47-44-29-27-25-23-20-17-14-11-8-5-2/h28,30,72H,4-27,29,31-71H2,1-3H3/b30-28-. The molecule has 0 aromatic heterocycles. The zero-order chi connectivity index (χ0) is 58.5. The summed E-state index contributed by atoms with van der Waals surface area (Å²) in [6, 6.07) is 0. The molecule has 0 fully saturated rings. The molecule has 0 saturated carbocycles. The van der Waals surface area contributed by atoms with Gasteiger partial charge in [-0.1, -0.05) is 380 Å². The first-order valence-corrected chi connectivity index (χ1v) is 37.2. The third-order valence-electron chi connectivity index (χ3n) is 17.3. The molecule has 0 bridgehead atoms. The van der Waals surface area contributed by atoms with E-state index in [2.05, 4.69) is 32.9 Å². The Labute approximate surface area is 507 Å². The van der Waals surface area contributed by atoms with Crippen molar-refractivity contribution < 1.29 is 28.6 Å². The predicted molar refractivity (Wildman–Crippen MR) is 353 cm³/mol. The minimum absolute atomic E-state index is 0.0617. The molecule has 0 aliphatic heterocycles. The second-order valence-corrected chi connectivity index (χ2v) is 25.6. The minimum Gasteiger partial charge on any atom is -0.462 e. The van der Waals surface area contributed by atoms with Crippen molar-refractivity contribution in [2.45, 2.75) is 438 Å². The zero-order valence-electron chi connectivity index (χ0n) is 55.4. The first kappa shape index (κ1) is 79.2. The van der Waals surface area contributed by atoms with E-state index in [1.54, 1.807) is 0 Å². The Morgan fingerprint density at radius 2 is 0.407 bits per heavy atom. The van der Waals surface area contributed by atoms with Gasteiger partial charge in [0, 0.05) is 19.3 Å². The van der Waals surface area contributed by atoms with E-state index in [-0.39, 0.29) is 31.1 Å². The molecule has 6 nitrogen and oxygen atoms in total. The molecule has 6 heteroatoms. The maximum Gasteiger partial charge on any atom is 0.306 e. The van der Waals surface area contributed by atoms with Gasteiger partial charge in [-0.25, -0.2) is 0 Å². The van der Waals surface area contributed by atoms with Gasteiger partial charge in [0.15, 0.2) is 6.10 Å². The molecule has 0 N–H and O–H groups in total. The first-order valence-electron chi connectivity index (χ1n) is 37.2. The lowest BCUT2D eigenvalue weighted by atomic mass is 10.0. The van der Waals surface area contributed by atoms with Crippen molar-refractivity contribution in [3.05, 3.63) is 12.2 Å². The van der Waals surface area contributed by atoms with E-state index >= 15 is 0 Å². The van der Waals surface area contributed by atoms with Gasteiger partial charge in [-0.05, 0) is 44.9 Å². The Kier molecular flexibility index (Phi) is 69.0. The largest absolute Gasteiger partial charge is 0.462 e. The molecular weight excluding hydrogens is 997 g/mol. The number of unbranched alkanes of at least 4 members (excludes halogenated alkanes) is 57. The number of hydrogen-bond donors (Lipinski definition) is 0. The van der Waals surface area contributed by atoms with Crippen LogP contribution in [0.3, 0.4) is 0 Å². The van der Waals surface area contributed by atoms with Gasteiger partial charge in [-0.15, -0.1) is 0 Å². The lowest BCUT2D eigenvalue weighted by molar-refractivity contribution is -0.167. The number of hydrogen-bond acceptors (Lipinski definition) is 6. The summed E-state index contributed by atoms with van der Waals surface area (Å²) in [5, 5.41) is 0. The average Bonchev–Trinajstić information content (AvgIpc) is 3.47. The molecule has 0 aliphatic rings. The molecule has 0 aliphatic carbocycles. The summed E-state index contributed by atoms with van der Waals surface area (Å²) in [6.45, 7) is 6.72. The summed E-state index contributed by atoms with van der Waals surface area (Å²) in [6.07, 6.45) is 85.6. The highest BCUT2D eigenvalue weighted by Crippen LogP contribution is 2.19. The topological polar surface area (TPSA) is 78.9 Å². The Balaban J connectivity index is 4.05. The third kappa shape index (κ3) is 68.8. The highest BCUT2D eigenvalue weighted by atomic mass is 16.6. The van der Waals surface area contributed by atoms with Crippen LogP contribution in [0.2, 0.25) is 0 Å². The summed E-state index contributed by atoms with van der Waals surface area (Å²) in [4.78, 5) is 38.4. The van der Waals surface area contributed by atoms with Gasteiger partial charge in [-0.3, -0.25) is 14.4 Å². The molecule has 0 aromatic carbocycles. The molecule has 480 valence electrons. The fourth-order valence-electron chi connectivity index (χ4n) is 11.7. The van der Waals surface area contributed by atoms with E-state index in [0.717, 1.165) is 57.8 Å². The SMILES string of the molecule is CCCCCCCCCC/C=C\CCCCCCCCCCCCCCCCCCCCCCCC(=O)OCC(COC(=O)CCCCCCCCCCCCC)OC(=O)CCCCCCCCCCCCCCCCCCCCC. The van der Waals surface area contributed by atoms with Gasteiger partial charge in [0.25, 0.3) is 0 Å². The molecule has 81 heavy (non-hydrogen) atoms. The van der Waals surface area contributed by atoms with E-state index in [1.807, 2.05) is 0 Å². The number of carbonyl (C=O) groups is 3. The summed E-state index contributed by atoms with van der Waals surface area (Å²) in [7, 11) is 0. The van der Waals surface area contributed by atoms with Crippen LogP contribution in [0.25, 0.3) is 0 Å². The summed E-state index contributed by atoms with van der Waals surface area (Å²) < 4.78 is 17.0. The van der Waals surface area contributed by atoms with Crippen LogP contribution in [-0.2, 0) is 28.6 Å². The van der Waals surface area contributed by atoms with Gasteiger partial charge in [0.1, 0.15) is 13.2 Å². The first-order chi connectivity index (χ1) is 40.0. The summed E-state index contributed by atoms with van der Waals surface area (Å²) in [5.41, 5.74) is 0. The number of rotatable bonds is 70. The van der Waals surface area contributed by atoms with E-state index in [4.69, 9.17) is 14.2 Å². The van der Waals surface area contributed by atoms with Crippen LogP contribution in [0.5, 0.6) is 0 Å². The predicted octanol–water partition coefficient (Wildman–Crippen LogP) is 25.6. The molecule has 0 heterocycles. The monoisotopic (exact) mass is 1140 g/mol. The van der Waals surface area contributed by atoms with Gasteiger partial charge < -0.3 is 14.2 Å². The number of esters is 3. The van der Waals surface area contributed by atoms with Crippen molar-refractivity contribution in [3.8, 4) is 0 Å². The number of carbonyl (C=O) groups excluding carboxylic acids is 3. The van der Waals surface area contributed by atoms with Gasteiger partial charge in [0.2, 0.25) is 0 Å². The van der Waals surface area contributed by atoms with E-state index in [9.17, 15) is 14.4 Å². The Morgan fingerprint density at radius 3 is 0.617 bits per heavy atom. The Bertz CT molecular complexity index is 1260.